The summed E-state index contributed by atoms with van der Waals surface area (Å²) in [6.07, 6.45) is 1.35. The summed E-state index contributed by atoms with van der Waals surface area (Å²) in [6, 6.07) is 6.37. The van der Waals surface area contributed by atoms with Crippen molar-refractivity contribution in [1.82, 2.24) is 19.6 Å². The lowest BCUT2D eigenvalue weighted by atomic mass is 10.0. The Morgan fingerprint density at radius 2 is 2.00 bits per heavy atom. The number of aliphatic carboxylic acids is 1. The van der Waals surface area contributed by atoms with Gasteiger partial charge in [0.1, 0.15) is 5.82 Å². The Bertz CT molecular complexity index is 925. The Balaban J connectivity index is 1.44. The fourth-order valence-electron chi connectivity index (χ4n) is 4.25. The molecular weight excluding hydrogens is 375 g/mol. The molecule has 8 heteroatoms. The maximum atomic E-state index is 13.2. The number of likely N-dealkylation sites (tertiary alicyclic amines) is 1. The van der Waals surface area contributed by atoms with Gasteiger partial charge in [0.2, 0.25) is 5.91 Å². The molecule has 2 aromatic rings. The smallest absolute Gasteiger partial charge is 0.307 e. The van der Waals surface area contributed by atoms with Crippen LogP contribution in [0.2, 0.25) is 0 Å². The number of aromatic nitrogens is 2. The van der Waals surface area contributed by atoms with Crippen molar-refractivity contribution in [2.24, 2.45) is 5.92 Å². The van der Waals surface area contributed by atoms with E-state index in [0.717, 1.165) is 23.4 Å². The highest BCUT2D eigenvalue weighted by Crippen LogP contribution is 2.24. The summed E-state index contributed by atoms with van der Waals surface area (Å²) in [5.74, 6) is -1.41. The van der Waals surface area contributed by atoms with E-state index in [1.165, 1.54) is 17.7 Å². The van der Waals surface area contributed by atoms with Crippen molar-refractivity contribution < 1.29 is 19.1 Å². The second kappa shape index (κ2) is 7.94. The maximum Gasteiger partial charge on any atom is 0.307 e. The number of benzene rings is 1. The number of amides is 1. The second-order valence-electron chi connectivity index (χ2n) is 7.92. The number of carbonyl (C=O) groups excluding carboxylic acids is 1. The van der Waals surface area contributed by atoms with E-state index in [4.69, 9.17) is 5.11 Å². The van der Waals surface area contributed by atoms with Crippen LogP contribution in [0.25, 0.3) is 0 Å². The minimum atomic E-state index is -0.789. The van der Waals surface area contributed by atoms with Crippen molar-refractivity contribution in [2.45, 2.75) is 32.9 Å². The van der Waals surface area contributed by atoms with Crippen LogP contribution in [-0.4, -0.2) is 62.7 Å². The highest BCUT2D eigenvalue weighted by atomic mass is 19.1. The zero-order valence-corrected chi connectivity index (χ0v) is 16.5. The van der Waals surface area contributed by atoms with Gasteiger partial charge in [-0.05, 0) is 49.6 Å². The van der Waals surface area contributed by atoms with Gasteiger partial charge >= 0.3 is 5.97 Å². The molecule has 3 heterocycles. The molecule has 0 bridgehead atoms. The van der Waals surface area contributed by atoms with Gasteiger partial charge in [0, 0.05) is 13.1 Å². The first kappa shape index (κ1) is 19.6. The molecule has 1 saturated heterocycles. The Kier molecular flexibility index (Phi) is 5.36. The topological polar surface area (TPSA) is 78.7 Å². The average Bonchev–Trinajstić information content (AvgIpc) is 3.28. The number of rotatable bonds is 5. The standard InChI is InChI=1S/C21H25FN4O3/c1-14-18-7-9-25(20(27)13-24-8-6-16(11-24)21(28)29)12-19(18)26(23-14)10-15-2-4-17(22)5-3-15/h2-5,16H,6-13H2,1H3,(H,28,29). The highest BCUT2D eigenvalue weighted by molar-refractivity contribution is 5.79. The Labute approximate surface area is 168 Å². The van der Waals surface area contributed by atoms with E-state index in [1.54, 1.807) is 12.1 Å². The van der Waals surface area contributed by atoms with E-state index in [1.807, 2.05) is 21.4 Å². The second-order valence-corrected chi connectivity index (χ2v) is 7.92. The molecule has 0 saturated carbocycles. The van der Waals surface area contributed by atoms with Crippen LogP contribution in [0.15, 0.2) is 24.3 Å². The van der Waals surface area contributed by atoms with Gasteiger partial charge in [0.25, 0.3) is 0 Å². The number of nitrogens with zero attached hydrogens (tertiary/aromatic N) is 4. The molecular formula is C21H25FN4O3. The van der Waals surface area contributed by atoms with Crippen molar-refractivity contribution in [3.05, 3.63) is 52.6 Å². The fourth-order valence-corrected chi connectivity index (χ4v) is 4.25. The van der Waals surface area contributed by atoms with Crippen LogP contribution >= 0.6 is 0 Å². The Hall–Kier alpha value is -2.74. The predicted molar refractivity (Wildman–Crippen MR) is 104 cm³/mol. The SMILES string of the molecule is Cc1nn(Cc2ccc(F)cc2)c2c1CCN(C(=O)CN1CCC(C(=O)O)C1)C2. The van der Waals surface area contributed by atoms with E-state index in [9.17, 15) is 14.0 Å². The Morgan fingerprint density at radius 1 is 1.24 bits per heavy atom. The number of aryl methyl sites for hydroxylation is 1. The zero-order valence-electron chi connectivity index (χ0n) is 16.5. The van der Waals surface area contributed by atoms with Crippen LogP contribution in [0.4, 0.5) is 4.39 Å². The molecule has 1 unspecified atom stereocenters. The number of carboxylic acids is 1. The summed E-state index contributed by atoms with van der Waals surface area (Å²) in [6.45, 7) is 4.98. The summed E-state index contributed by atoms with van der Waals surface area (Å²) in [4.78, 5) is 27.7. The van der Waals surface area contributed by atoms with Crippen LogP contribution in [0.3, 0.4) is 0 Å². The van der Waals surface area contributed by atoms with Crippen molar-refractivity contribution in [3.63, 3.8) is 0 Å². The molecule has 4 rings (SSSR count). The van der Waals surface area contributed by atoms with Gasteiger partial charge < -0.3 is 10.0 Å². The number of hydrogen-bond acceptors (Lipinski definition) is 4. The quantitative estimate of drug-likeness (QED) is 0.826. The molecule has 154 valence electrons. The first-order chi connectivity index (χ1) is 13.9. The number of fused-ring (bicyclic) bond motifs is 1. The van der Waals surface area contributed by atoms with E-state index >= 15 is 0 Å². The molecule has 2 aliphatic rings. The lowest BCUT2D eigenvalue weighted by Crippen LogP contribution is -2.42. The van der Waals surface area contributed by atoms with Crippen LogP contribution in [0.1, 0.15) is 28.9 Å². The average molecular weight is 400 g/mol. The van der Waals surface area contributed by atoms with Crippen LogP contribution < -0.4 is 0 Å². The summed E-state index contributed by atoms with van der Waals surface area (Å²) in [5, 5.41) is 13.8. The molecule has 0 aliphatic carbocycles. The molecule has 0 radical (unpaired) electrons. The molecule has 7 nitrogen and oxygen atoms in total. The van der Waals surface area contributed by atoms with E-state index in [0.29, 0.717) is 39.1 Å². The summed E-state index contributed by atoms with van der Waals surface area (Å²) >= 11 is 0. The monoisotopic (exact) mass is 400 g/mol. The van der Waals surface area contributed by atoms with Gasteiger partial charge in [-0.2, -0.15) is 5.10 Å². The minimum absolute atomic E-state index is 0.0221. The molecule has 29 heavy (non-hydrogen) atoms. The van der Waals surface area contributed by atoms with Gasteiger partial charge in [-0.1, -0.05) is 12.1 Å². The summed E-state index contributed by atoms with van der Waals surface area (Å²) in [7, 11) is 0. The van der Waals surface area contributed by atoms with Gasteiger partial charge in [-0.25, -0.2) is 4.39 Å². The van der Waals surface area contributed by atoms with Crippen molar-refractivity contribution in [3.8, 4) is 0 Å². The number of carboxylic acid groups (broad SMARTS) is 1. The zero-order chi connectivity index (χ0) is 20.5. The third kappa shape index (κ3) is 4.17. The van der Waals surface area contributed by atoms with Crippen LogP contribution in [-0.2, 0) is 29.1 Å². The van der Waals surface area contributed by atoms with E-state index in [-0.39, 0.29) is 24.2 Å². The van der Waals surface area contributed by atoms with E-state index in [2.05, 4.69) is 5.10 Å². The number of hydrogen-bond donors (Lipinski definition) is 1. The van der Waals surface area contributed by atoms with Gasteiger partial charge in [-0.3, -0.25) is 19.2 Å². The number of carbonyl (C=O) groups is 2. The largest absolute Gasteiger partial charge is 0.481 e. The van der Waals surface area contributed by atoms with Crippen molar-refractivity contribution >= 4 is 11.9 Å². The molecule has 1 aromatic carbocycles. The first-order valence-corrected chi connectivity index (χ1v) is 9.93. The summed E-state index contributed by atoms with van der Waals surface area (Å²) in [5.41, 5.74) is 4.13. The van der Waals surface area contributed by atoms with Gasteiger partial charge in [0.15, 0.2) is 0 Å². The highest BCUT2D eigenvalue weighted by Gasteiger charge is 2.31. The Morgan fingerprint density at radius 3 is 2.69 bits per heavy atom. The first-order valence-electron chi connectivity index (χ1n) is 9.93. The molecule has 1 amide bonds. The molecule has 1 atom stereocenters. The molecule has 1 fully saturated rings. The molecule has 1 aromatic heterocycles. The molecule has 2 aliphatic heterocycles. The molecule has 1 N–H and O–H groups in total. The third-order valence-corrected chi connectivity index (χ3v) is 5.92. The maximum absolute atomic E-state index is 13.2. The fraction of sp³-hybridized carbons (Fsp3) is 0.476. The lowest BCUT2D eigenvalue weighted by Gasteiger charge is -2.29. The normalized spacial score (nSPS) is 19.4. The van der Waals surface area contributed by atoms with E-state index < -0.39 is 5.97 Å². The van der Waals surface area contributed by atoms with Gasteiger partial charge in [0.05, 0.1) is 36.9 Å². The lowest BCUT2D eigenvalue weighted by molar-refractivity contribution is -0.141. The van der Waals surface area contributed by atoms with Gasteiger partial charge in [-0.15, -0.1) is 0 Å². The summed E-state index contributed by atoms with van der Waals surface area (Å²) < 4.78 is 15.1. The minimum Gasteiger partial charge on any atom is -0.481 e. The number of halogens is 1. The van der Waals surface area contributed by atoms with Crippen molar-refractivity contribution in [1.29, 1.82) is 0 Å². The molecule has 0 spiro atoms. The predicted octanol–water partition coefficient (Wildman–Crippen LogP) is 1.67. The van der Waals surface area contributed by atoms with Crippen LogP contribution in [0, 0.1) is 18.7 Å². The van der Waals surface area contributed by atoms with Crippen LogP contribution in [0.5, 0.6) is 0 Å². The van der Waals surface area contributed by atoms with Crippen molar-refractivity contribution in [2.75, 3.05) is 26.2 Å². The third-order valence-electron chi connectivity index (χ3n) is 5.92.